The van der Waals surface area contributed by atoms with E-state index < -0.39 is 5.97 Å². The number of amides is 1. The Labute approximate surface area is 118 Å². The quantitative estimate of drug-likeness (QED) is 0.761. The molecule has 0 bridgehead atoms. The highest BCUT2D eigenvalue weighted by molar-refractivity contribution is 5.78. The van der Waals surface area contributed by atoms with Gasteiger partial charge in [0.1, 0.15) is 5.75 Å². The second-order valence-electron chi connectivity index (χ2n) is 4.87. The van der Waals surface area contributed by atoms with Crippen LogP contribution in [0.15, 0.2) is 24.3 Å². The zero-order valence-corrected chi connectivity index (χ0v) is 11.9. The molecule has 1 aromatic rings. The van der Waals surface area contributed by atoms with Gasteiger partial charge in [-0.05, 0) is 30.0 Å². The summed E-state index contributed by atoms with van der Waals surface area (Å²) in [7, 11) is 1.59. The van der Waals surface area contributed by atoms with Gasteiger partial charge in [-0.25, -0.2) is 0 Å². The molecule has 5 nitrogen and oxygen atoms in total. The molecule has 1 rings (SSSR count). The Bertz CT molecular complexity index is 459. The van der Waals surface area contributed by atoms with E-state index in [-0.39, 0.29) is 18.2 Å². The number of benzene rings is 1. The highest BCUT2D eigenvalue weighted by Gasteiger charge is 2.08. The molecule has 0 aliphatic rings. The van der Waals surface area contributed by atoms with Crippen LogP contribution in [0.4, 0.5) is 0 Å². The molecular formula is C15H21NO4. The van der Waals surface area contributed by atoms with Gasteiger partial charge in [0.2, 0.25) is 5.91 Å². The van der Waals surface area contributed by atoms with Crippen LogP contribution in [-0.2, 0) is 16.0 Å². The number of carbonyl (C=O) groups excluding carboxylic acids is 1. The van der Waals surface area contributed by atoms with E-state index in [1.54, 1.807) is 7.11 Å². The summed E-state index contributed by atoms with van der Waals surface area (Å²) < 4.78 is 5.10. The molecule has 1 aromatic carbocycles. The van der Waals surface area contributed by atoms with Crippen molar-refractivity contribution in [2.75, 3.05) is 13.7 Å². The molecule has 110 valence electrons. The minimum atomic E-state index is -0.806. The summed E-state index contributed by atoms with van der Waals surface area (Å²) >= 11 is 0. The molecule has 0 saturated heterocycles. The van der Waals surface area contributed by atoms with Crippen molar-refractivity contribution in [3.05, 3.63) is 29.8 Å². The molecule has 0 aromatic heterocycles. The highest BCUT2D eigenvalue weighted by Crippen LogP contribution is 2.13. The predicted molar refractivity (Wildman–Crippen MR) is 75.7 cm³/mol. The van der Waals surface area contributed by atoms with Gasteiger partial charge in [-0.3, -0.25) is 9.59 Å². The van der Waals surface area contributed by atoms with Crippen molar-refractivity contribution in [1.29, 1.82) is 0 Å². The van der Waals surface area contributed by atoms with Crippen molar-refractivity contribution in [1.82, 2.24) is 5.32 Å². The van der Waals surface area contributed by atoms with Crippen LogP contribution in [0, 0.1) is 5.92 Å². The maximum Gasteiger partial charge on any atom is 0.303 e. The Hall–Kier alpha value is -2.04. The average molecular weight is 279 g/mol. The fourth-order valence-corrected chi connectivity index (χ4v) is 1.79. The van der Waals surface area contributed by atoms with E-state index in [4.69, 9.17) is 9.84 Å². The summed E-state index contributed by atoms with van der Waals surface area (Å²) in [5.74, 6) is 0.00507. The number of ether oxygens (including phenoxy) is 1. The summed E-state index contributed by atoms with van der Waals surface area (Å²) in [6, 6.07) is 7.37. The van der Waals surface area contributed by atoms with Crippen molar-refractivity contribution in [3.8, 4) is 5.75 Å². The normalized spacial score (nSPS) is 11.7. The first-order chi connectivity index (χ1) is 9.51. The Kier molecular flexibility index (Phi) is 6.56. The van der Waals surface area contributed by atoms with Gasteiger partial charge in [0.15, 0.2) is 0 Å². The molecule has 0 heterocycles. The number of nitrogens with one attached hydrogen (secondary N) is 1. The molecule has 0 spiro atoms. The molecule has 0 fully saturated rings. The number of carboxylic acid groups (broad SMARTS) is 1. The zero-order valence-electron chi connectivity index (χ0n) is 11.9. The standard InChI is InChI=1S/C15H21NO4/c1-11(6-7-15(18)19)10-16-14(17)9-12-4-3-5-13(8-12)20-2/h3-5,8,11H,6-7,9-10H2,1-2H3,(H,16,17)(H,18,19). The Morgan fingerprint density at radius 2 is 2.15 bits per heavy atom. The van der Waals surface area contributed by atoms with Crippen molar-refractivity contribution in [3.63, 3.8) is 0 Å². The molecular weight excluding hydrogens is 258 g/mol. The maximum atomic E-state index is 11.8. The van der Waals surface area contributed by atoms with Gasteiger partial charge in [-0.15, -0.1) is 0 Å². The Morgan fingerprint density at radius 1 is 1.40 bits per heavy atom. The lowest BCUT2D eigenvalue weighted by atomic mass is 10.1. The molecule has 1 amide bonds. The molecule has 0 aliphatic heterocycles. The summed E-state index contributed by atoms with van der Waals surface area (Å²) in [4.78, 5) is 22.2. The average Bonchev–Trinajstić information content (AvgIpc) is 2.43. The van der Waals surface area contributed by atoms with Gasteiger partial charge < -0.3 is 15.2 Å². The van der Waals surface area contributed by atoms with E-state index in [1.807, 2.05) is 31.2 Å². The van der Waals surface area contributed by atoms with Crippen LogP contribution >= 0.6 is 0 Å². The lowest BCUT2D eigenvalue weighted by Crippen LogP contribution is -2.29. The molecule has 1 unspecified atom stereocenters. The van der Waals surface area contributed by atoms with Gasteiger partial charge in [0.05, 0.1) is 13.5 Å². The minimum absolute atomic E-state index is 0.0690. The molecule has 0 radical (unpaired) electrons. The molecule has 1 atom stereocenters. The third kappa shape index (κ3) is 6.22. The van der Waals surface area contributed by atoms with Crippen LogP contribution in [0.25, 0.3) is 0 Å². The van der Waals surface area contributed by atoms with E-state index in [0.717, 1.165) is 11.3 Å². The van der Waals surface area contributed by atoms with Gasteiger partial charge in [-0.2, -0.15) is 0 Å². The first-order valence-corrected chi connectivity index (χ1v) is 6.62. The minimum Gasteiger partial charge on any atom is -0.497 e. The summed E-state index contributed by atoms with van der Waals surface area (Å²) in [5.41, 5.74) is 0.889. The van der Waals surface area contributed by atoms with Gasteiger partial charge in [-0.1, -0.05) is 19.1 Å². The maximum absolute atomic E-state index is 11.8. The topological polar surface area (TPSA) is 75.6 Å². The fourth-order valence-electron chi connectivity index (χ4n) is 1.79. The van der Waals surface area contributed by atoms with Crippen LogP contribution in [0.3, 0.4) is 0 Å². The number of carboxylic acids is 1. The molecule has 0 aliphatic carbocycles. The number of aliphatic carboxylic acids is 1. The Morgan fingerprint density at radius 3 is 2.80 bits per heavy atom. The first kappa shape index (κ1) is 16.0. The summed E-state index contributed by atoms with van der Waals surface area (Å²) in [6.07, 6.45) is 0.991. The number of methoxy groups -OCH3 is 1. The SMILES string of the molecule is COc1cccc(CC(=O)NCC(C)CCC(=O)O)c1. The smallest absolute Gasteiger partial charge is 0.303 e. The van der Waals surface area contributed by atoms with E-state index >= 15 is 0 Å². The third-order valence-electron chi connectivity index (χ3n) is 3.00. The largest absolute Gasteiger partial charge is 0.497 e. The molecule has 20 heavy (non-hydrogen) atoms. The number of hydrogen-bond acceptors (Lipinski definition) is 3. The van der Waals surface area contributed by atoms with Gasteiger partial charge in [0.25, 0.3) is 0 Å². The van der Waals surface area contributed by atoms with Crippen molar-refractivity contribution < 1.29 is 19.4 Å². The van der Waals surface area contributed by atoms with E-state index in [2.05, 4.69) is 5.32 Å². The van der Waals surface area contributed by atoms with E-state index in [1.165, 1.54) is 0 Å². The fraction of sp³-hybridized carbons (Fsp3) is 0.467. The van der Waals surface area contributed by atoms with Gasteiger partial charge >= 0.3 is 5.97 Å². The lowest BCUT2D eigenvalue weighted by molar-refractivity contribution is -0.137. The highest BCUT2D eigenvalue weighted by atomic mass is 16.5. The van der Waals surface area contributed by atoms with Gasteiger partial charge in [0, 0.05) is 13.0 Å². The van der Waals surface area contributed by atoms with Crippen LogP contribution < -0.4 is 10.1 Å². The summed E-state index contributed by atoms with van der Waals surface area (Å²) in [6.45, 7) is 2.42. The van der Waals surface area contributed by atoms with Crippen LogP contribution in [0.2, 0.25) is 0 Å². The zero-order chi connectivity index (χ0) is 15.0. The van der Waals surface area contributed by atoms with E-state index in [9.17, 15) is 9.59 Å². The Balaban J connectivity index is 2.34. The monoisotopic (exact) mass is 279 g/mol. The predicted octanol–water partition coefficient (Wildman–Crippen LogP) is 1.85. The number of hydrogen-bond donors (Lipinski definition) is 2. The second kappa shape index (κ2) is 8.19. The second-order valence-corrected chi connectivity index (χ2v) is 4.87. The molecule has 5 heteroatoms. The molecule has 2 N–H and O–H groups in total. The van der Waals surface area contributed by atoms with Crippen molar-refractivity contribution in [2.24, 2.45) is 5.92 Å². The van der Waals surface area contributed by atoms with Crippen LogP contribution in [0.5, 0.6) is 5.75 Å². The number of rotatable bonds is 8. The van der Waals surface area contributed by atoms with Crippen LogP contribution in [-0.4, -0.2) is 30.6 Å². The van der Waals surface area contributed by atoms with Crippen molar-refractivity contribution >= 4 is 11.9 Å². The first-order valence-electron chi connectivity index (χ1n) is 6.62. The third-order valence-corrected chi connectivity index (χ3v) is 3.00. The number of carbonyl (C=O) groups is 2. The van der Waals surface area contributed by atoms with Crippen LogP contribution in [0.1, 0.15) is 25.3 Å². The lowest BCUT2D eigenvalue weighted by Gasteiger charge is -2.11. The summed E-state index contributed by atoms with van der Waals surface area (Å²) in [5, 5.41) is 11.4. The molecule has 0 saturated carbocycles. The van der Waals surface area contributed by atoms with Crippen molar-refractivity contribution in [2.45, 2.75) is 26.2 Å². The van der Waals surface area contributed by atoms with E-state index in [0.29, 0.717) is 19.4 Å².